The van der Waals surface area contributed by atoms with Crippen LogP contribution in [-0.4, -0.2) is 41.6 Å². The van der Waals surface area contributed by atoms with Crippen molar-refractivity contribution in [3.05, 3.63) is 72.9 Å². The van der Waals surface area contributed by atoms with Crippen molar-refractivity contribution in [2.45, 2.75) is 199 Å². The highest BCUT2D eigenvalue weighted by atomic mass is 16.5. The van der Waals surface area contributed by atoms with Gasteiger partial charge in [-0.2, -0.15) is 0 Å². The number of amides is 1. The van der Waals surface area contributed by atoms with Gasteiger partial charge in [-0.3, -0.25) is 9.59 Å². The van der Waals surface area contributed by atoms with Crippen LogP contribution in [-0.2, 0) is 19.1 Å². The Kier molecular flexibility index (Phi) is 38.6. The Bertz CT molecular complexity index is 1070. The fourth-order valence-corrected chi connectivity index (χ4v) is 6.04. The Morgan fingerprint density at radius 1 is 0.556 bits per heavy atom. The van der Waals surface area contributed by atoms with E-state index in [2.05, 4.69) is 92.1 Å². The van der Waals surface area contributed by atoms with E-state index in [0.717, 1.165) is 109 Å². The van der Waals surface area contributed by atoms with Crippen LogP contribution in [0.3, 0.4) is 0 Å². The first-order chi connectivity index (χ1) is 26.4. The third kappa shape index (κ3) is 37.1. The van der Waals surface area contributed by atoms with Gasteiger partial charge < -0.3 is 20.9 Å². The van der Waals surface area contributed by atoms with Crippen LogP contribution in [0.15, 0.2) is 72.9 Å². The van der Waals surface area contributed by atoms with Crippen LogP contribution in [0.1, 0.15) is 187 Å². The van der Waals surface area contributed by atoms with E-state index in [-0.39, 0.29) is 18.0 Å². The third-order valence-corrected chi connectivity index (χ3v) is 9.29. The molecule has 0 aliphatic carbocycles. The van der Waals surface area contributed by atoms with E-state index < -0.39 is 12.0 Å². The lowest BCUT2D eigenvalue weighted by atomic mass is 10.0. The average Bonchev–Trinajstić information content (AvgIpc) is 3.16. The van der Waals surface area contributed by atoms with Gasteiger partial charge in [-0.25, -0.2) is 4.79 Å². The molecule has 7 heteroatoms. The number of nitrogens with two attached hydrogens (primary N) is 1. The molecular formula is C47H80N2O5. The first kappa shape index (κ1) is 50.8. The van der Waals surface area contributed by atoms with Gasteiger partial charge in [0, 0.05) is 12.8 Å². The Balaban J connectivity index is 4.25. The summed E-state index contributed by atoms with van der Waals surface area (Å²) in [6.45, 7) is 4.80. The zero-order valence-corrected chi connectivity index (χ0v) is 34.5. The highest BCUT2D eigenvalue weighted by molar-refractivity contribution is 5.83. The van der Waals surface area contributed by atoms with Crippen LogP contribution in [0.4, 0.5) is 0 Å². The normalized spacial score (nSPS) is 13.4. The lowest BCUT2D eigenvalue weighted by molar-refractivity contribution is -0.150. The van der Waals surface area contributed by atoms with Crippen molar-refractivity contribution in [2.75, 3.05) is 6.54 Å². The predicted molar refractivity (Wildman–Crippen MR) is 229 cm³/mol. The lowest BCUT2D eigenvalue weighted by Gasteiger charge is -2.18. The number of ether oxygens (including phenoxy) is 1. The molecule has 0 bridgehead atoms. The standard InChI is InChI=1S/C47H80N2O5/c1-3-5-7-9-11-12-13-14-15-16-17-18-19-20-21-22-23-24-26-31-35-41-46(51)54-43(37-32-28-25-10-8-6-4-2)38-33-29-27-30-34-40-45(50)49-44(47(52)53)39-36-42-48/h5,7,11-12,14-15,17-18,20-21,23-24,43-44H,3-4,6,8-10,13,16,19,22,25-42,48H2,1-2H3,(H,49,50)(H,52,53)/b7-5-,12-11-,15-14-,18-17-,21-20-,24-23-. The van der Waals surface area contributed by atoms with Crippen molar-refractivity contribution in [1.29, 1.82) is 0 Å². The second kappa shape index (κ2) is 41.0. The Morgan fingerprint density at radius 3 is 1.52 bits per heavy atom. The Morgan fingerprint density at radius 2 is 1.02 bits per heavy atom. The summed E-state index contributed by atoms with van der Waals surface area (Å²) in [7, 11) is 0. The van der Waals surface area contributed by atoms with Crippen molar-refractivity contribution >= 4 is 17.8 Å². The van der Waals surface area contributed by atoms with Crippen LogP contribution in [0, 0.1) is 0 Å². The Hall–Kier alpha value is -3.19. The zero-order valence-electron chi connectivity index (χ0n) is 34.5. The van der Waals surface area contributed by atoms with E-state index in [0.29, 0.717) is 32.2 Å². The van der Waals surface area contributed by atoms with Gasteiger partial charge in [-0.05, 0) is 109 Å². The van der Waals surface area contributed by atoms with Gasteiger partial charge in [0.15, 0.2) is 0 Å². The highest BCUT2D eigenvalue weighted by Gasteiger charge is 2.19. The maximum Gasteiger partial charge on any atom is 0.326 e. The molecule has 7 nitrogen and oxygen atoms in total. The van der Waals surface area contributed by atoms with Gasteiger partial charge in [0.05, 0.1) is 0 Å². The molecule has 0 aromatic heterocycles. The van der Waals surface area contributed by atoms with E-state index in [9.17, 15) is 19.5 Å². The molecule has 54 heavy (non-hydrogen) atoms. The highest BCUT2D eigenvalue weighted by Crippen LogP contribution is 2.18. The second-order valence-corrected chi connectivity index (χ2v) is 14.4. The van der Waals surface area contributed by atoms with E-state index in [1.807, 2.05) is 0 Å². The van der Waals surface area contributed by atoms with Gasteiger partial charge in [-0.1, -0.05) is 145 Å². The topological polar surface area (TPSA) is 119 Å². The number of carbonyl (C=O) groups excluding carboxylic acids is 2. The molecule has 1 amide bonds. The molecule has 2 atom stereocenters. The summed E-state index contributed by atoms with van der Waals surface area (Å²) in [5, 5.41) is 11.9. The number of nitrogens with one attached hydrogen (secondary N) is 1. The number of rotatable bonds is 38. The Labute approximate surface area is 331 Å². The summed E-state index contributed by atoms with van der Waals surface area (Å²) in [6.07, 6.45) is 52.4. The monoisotopic (exact) mass is 753 g/mol. The summed E-state index contributed by atoms with van der Waals surface area (Å²) < 4.78 is 5.99. The molecule has 2 unspecified atom stereocenters. The fraction of sp³-hybridized carbons (Fsp3) is 0.681. The molecule has 0 aliphatic heterocycles. The summed E-state index contributed by atoms with van der Waals surface area (Å²) in [5.41, 5.74) is 5.48. The number of unbranched alkanes of at least 4 members (excludes halogenated alkanes) is 12. The molecule has 0 saturated heterocycles. The molecule has 0 fully saturated rings. The molecule has 0 saturated carbocycles. The van der Waals surface area contributed by atoms with E-state index in [4.69, 9.17) is 10.5 Å². The minimum atomic E-state index is -1.01. The molecule has 4 N–H and O–H groups in total. The smallest absolute Gasteiger partial charge is 0.326 e. The molecule has 0 rings (SSSR count). The number of allylic oxidation sites excluding steroid dienone is 12. The predicted octanol–water partition coefficient (Wildman–Crippen LogP) is 12.3. The number of aliphatic carboxylic acids is 1. The van der Waals surface area contributed by atoms with Gasteiger partial charge in [0.2, 0.25) is 5.91 Å². The fourth-order valence-electron chi connectivity index (χ4n) is 6.04. The van der Waals surface area contributed by atoms with Crippen LogP contribution < -0.4 is 11.1 Å². The SMILES string of the molecule is CC/C=C\C/C=C\C/C=C\C/C=C\C/C=C\C/C=C\CCCCC(=O)OC(CCCCCCCCC)CCCCCCCC(=O)NC(CCCN)C(=O)O. The quantitative estimate of drug-likeness (QED) is 0.0328. The largest absolute Gasteiger partial charge is 0.480 e. The molecule has 0 heterocycles. The maximum absolute atomic E-state index is 12.7. The number of esters is 1. The molecule has 308 valence electrons. The molecule has 0 aliphatic rings. The van der Waals surface area contributed by atoms with E-state index in [1.165, 1.54) is 38.5 Å². The summed E-state index contributed by atoms with van der Waals surface area (Å²) in [4.78, 5) is 36.3. The van der Waals surface area contributed by atoms with Crippen LogP contribution >= 0.6 is 0 Å². The number of carboxylic acid groups (broad SMARTS) is 1. The summed E-state index contributed by atoms with van der Waals surface area (Å²) >= 11 is 0. The first-order valence-corrected chi connectivity index (χ1v) is 21.8. The molecule has 0 radical (unpaired) electrons. The van der Waals surface area contributed by atoms with Crippen molar-refractivity contribution in [2.24, 2.45) is 5.73 Å². The summed E-state index contributed by atoms with van der Waals surface area (Å²) in [6, 6.07) is -0.861. The maximum atomic E-state index is 12.7. The van der Waals surface area contributed by atoms with Gasteiger partial charge in [-0.15, -0.1) is 0 Å². The van der Waals surface area contributed by atoms with Crippen molar-refractivity contribution in [3.8, 4) is 0 Å². The van der Waals surface area contributed by atoms with Crippen molar-refractivity contribution in [1.82, 2.24) is 5.32 Å². The minimum Gasteiger partial charge on any atom is -0.480 e. The van der Waals surface area contributed by atoms with Gasteiger partial charge in [0.25, 0.3) is 0 Å². The molecule has 0 spiro atoms. The average molecular weight is 753 g/mol. The number of hydrogen-bond donors (Lipinski definition) is 3. The minimum absolute atomic E-state index is 0.0104. The second-order valence-electron chi connectivity index (χ2n) is 14.4. The number of hydrogen-bond acceptors (Lipinski definition) is 5. The van der Waals surface area contributed by atoms with Crippen LogP contribution in [0.25, 0.3) is 0 Å². The van der Waals surface area contributed by atoms with Crippen molar-refractivity contribution < 1.29 is 24.2 Å². The third-order valence-electron chi connectivity index (χ3n) is 9.29. The first-order valence-electron chi connectivity index (χ1n) is 21.8. The molecular weight excluding hydrogens is 673 g/mol. The van der Waals surface area contributed by atoms with Crippen LogP contribution in [0.2, 0.25) is 0 Å². The van der Waals surface area contributed by atoms with Gasteiger partial charge >= 0.3 is 11.9 Å². The van der Waals surface area contributed by atoms with E-state index >= 15 is 0 Å². The van der Waals surface area contributed by atoms with Crippen molar-refractivity contribution in [3.63, 3.8) is 0 Å². The molecule has 0 aromatic carbocycles. The number of carboxylic acids is 1. The van der Waals surface area contributed by atoms with E-state index in [1.54, 1.807) is 0 Å². The number of carbonyl (C=O) groups is 3. The van der Waals surface area contributed by atoms with Crippen LogP contribution in [0.5, 0.6) is 0 Å². The zero-order chi connectivity index (χ0) is 39.6. The van der Waals surface area contributed by atoms with Gasteiger partial charge in [0.1, 0.15) is 12.1 Å². The molecule has 0 aromatic rings. The lowest BCUT2D eigenvalue weighted by Crippen LogP contribution is -2.40. The summed E-state index contributed by atoms with van der Waals surface area (Å²) in [5.74, 6) is -1.29.